The number of hydrogen-bond donors (Lipinski definition) is 2. The molecule has 0 aliphatic heterocycles. The van der Waals surface area contributed by atoms with Gasteiger partial charge in [-0.2, -0.15) is 5.10 Å². The van der Waals surface area contributed by atoms with Crippen LogP contribution < -0.4 is 15.4 Å². The number of amides is 2. The van der Waals surface area contributed by atoms with Gasteiger partial charge in [-0.15, -0.1) is 0 Å². The number of carbonyl (C=O) groups excluding carboxylic acids is 1. The molecule has 7 heteroatoms. The van der Waals surface area contributed by atoms with Crippen molar-refractivity contribution in [1.29, 1.82) is 0 Å². The molecule has 0 bridgehead atoms. The lowest BCUT2D eigenvalue weighted by atomic mass is 9.93. The van der Waals surface area contributed by atoms with Crippen molar-refractivity contribution in [3.05, 3.63) is 41.3 Å². The SMILES string of the molecule is CC(C)Oc1ccc(CNC(=O)N[C@@H]2CCCc3c2cnn3C)cn1. The van der Waals surface area contributed by atoms with E-state index in [1.807, 2.05) is 43.9 Å². The third kappa shape index (κ3) is 4.29. The highest BCUT2D eigenvalue weighted by atomic mass is 16.5. The Morgan fingerprint density at radius 1 is 1.40 bits per heavy atom. The van der Waals surface area contributed by atoms with Crippen molar-refractivity contribution in [2.45, 2.75) is 51.8 Å². The third-order valence-electron chi connectivity index (χ3n) is 4.29. The Morgan fingerprint density at radius 2 is 2.24 bits per heavy atom. The number of hydrogen-bond acceptors (Lipinski definition) is 4. The highest BCUT2D eigenvalue weighted by molar-refractivity contribution is 5.74. The molecule has 0 unspecified atom stereocenters. The molecule has 0 radical (unpaired) electrons. The van der Waals surface area contributed by atoms with Crippen LogP contribution in [0.3, 0.4) is 0 Å². The number of nitrogens with zero attached hydrogens (tertiary/aromatic N) is 3. The first-order chi connectivity index (χ1) is 12.0. The van der Waals surface area contributed by atoms with Crippen LogP contribution in [0.2, 0.25) is 0 Å². The maximum absolute atomic E-state index is 12.2. The average Bonchev–Trinajstić information content (AvgIpc) is 2.96. The minimum absolute atomic E-state index is 0.0254. The fourth-order valence-corrected chi connectivity index (χ4v) is 3.07. The maximum atomic E-state index is 12.2. The first-order valence-corrected chi connectivity index (χ1v) is 8.69. The van der Waals surface area contributed by atoms with E-state index in [0.29, 0.717) is 12.4 Å². The quantitative estimate of drug-likeness (QED) is 0.874. The summed E-state index contributed by atoms with van der Waals surface area (Å²) in [6.07, 6.45) is 6.68. The Hall–Kier alpha value is -2.57. The van der Waals surface area contributed by atoms with Gasteiger partial charge in [0.2, 0.25) is 5.88 Å². The van der Waals surface area contributed by atoms with Gasteiger partial charge in [-0.1, -0.05) is 6.07 Å². The van der Waals surface area contributed by atoms with Crippen LogP contribution in [0.15, 0.2) is 24.5 Å². The van der Waals surface area contributed by atoms with Crippen molar-refractivity contribution in [1.82, 2.24) is 25.4 Å². The standard InChI is InChI=1S/C18H25N5O2/c1-12(2)25-17-8-7-13(9-19-17)10-20-18(24)22-15-5-4-6-16-14(15)11-21-23(16)3/h7-9,11-12,15H,4-6,10H2,1-3H3,(H2,20,22,24)/t15-/m1/s1. The van der Waals surface area contributed by atoms with Crippen molar-refractivity contribution in [2.24, 2.45) is 7.05 Å². The van der Waals surface area contributed by atoms with Crippen LogP contribution in [0.4, 0.5) is 4.79 Å². The smallest absolute Gasteiger partial charge is 0.315 e. The van der Waals surface area contributed by atoms with E-state index in [0.717, 1.165) is 30.4 Å². The molecule has 2 aromatic rings. The molecule has 25 heavy (non-hydrogen) atoms. The number of fused-ring (bicyclic) bond motifs is 1. The van der Waals surface area contributed by atoms with Gasteiger partial charge in [0, 0.05) is 37.1 Å². The summed E-state index contributed by atoms with van der Waals surface area (Å²) < 4.78 is 7.41. The summed E-state index contributed by atoms with van der Waals surface area (Å²) in [4.78, 5) is 16.5. The first kappa shape index (κ1) is 17.3. The Balaban J connectivity index is 1.52. The molecule has 2 aromatic heterocycles. The number of aromatic nitrogens is 3. The molecule has 134 valence electrons. The Morgan fingerprint density at radius 3 is 2.96 bits per heavy atom. The van der Waals surface area contributed by atoms with Gasteiger partial charge >= 0.3 is 6.03 Å². The van der Waals surface area contributed by atoms with Crippen LogP contribution in [-0.2, 0) is 20.0 Å². The van der Waals surface area contributed by atoms with E-state index in [4.69, 9.17) is 4.74 Å². The number of pyridine rings is 1. The molecule has 0 spiro atoms. The monoisotopic (exact) mass is 343 g/mol. The average molecular weight is 343 g/mol. The summed E-state index contributed by atoms with van der Waals surface area (Å²) in [5, 5.41) is 10.2. The topological polar surface area (TPSA) is 81.1 Å². The largest absolute Gasteiger partial charge is 0.475 e. The highest BCUT2D eigenvalue weighted by Gasteiger charge is 2.24. The Bertz CT molecular complexity index is 724. The van der Waals surface area contributed by atoms with Crippen LogP contribution >= 0.6 is 0 Å². The molecule has 2 amide bonds. The molecule has 1 atom stereocenters. The summed E-state index contributed by atoms with van der Waals surface area (Å²) in [6.45, 7) is 4.34. The van der Waals surface area contributed by atoms with Gasteiger partial charge in [-0.3, -0.25) is 4.68 Å². The zero-order valence-corrected chi connectivity index (χ0v) is 15.0. The molecule has 1 aliphatic rings. The maximum Gasteiger partial charge on any atom is 0.315 e. The Labute approximate surface area is 147 Å². The molecule has 0 aromatic carbocycles. The summed E-state index contributed by atoms with van der Waals surface area (Å²) >= 11 is 0. The van der Waals surface area contributed by atoms with Gasteiger partial charge in [0.15, 0.2) is 0 Å². The van der Waals surface area contributed by atoms with Crippen LogP contribution in [0.25, 0.3) is 0 Å². The summed E-state index contributed by atoms with van der Waals surface area (Å²) in [7, 11) is 1.95. The zero-order valence-electron chi connectivity index (χ0n) is 15.0. The van der Waals surface area contributed by atoms with E-state index in [-0.39, 0.29) is 18.2 Å². The number of ether oxygens (including phenoxy) is 1. The van der Waals surface area contributed by atoms with Crippen LogP contribution in [0.1, 0.15) is 49.6 Å². The molecule has 0 saturated carbocycles. The van der Waals surface area contributed by atoms with Gasteiger partial charge < -0.3 is 15.4 Å². The van der Waals surface area contributed by atoms with E-state index in [1.54, 1.807) is 6.20 Å². The number of aryl methyl sites for hydroxylation is 1. The molecule has 3 rings (SSSR count). The number of nitrogens with one attached hydrogen (secondary N) is 2. The molecule has 7 nitrogen and oxygen atoms in total. The first-order valence-electron chi connectivity index (χ1n) is 8.69. The molecular formula is C18H25N5O2. The summed E-state index contributed by atoms with van der Waals surface area (Å²) in [5.74, 6) is 0.592. The minimum Gasteiger partial charge on any atom is -0.475 e. The van der Waals surface area contributed by atoms with E-state index >= 15 is 0 Å². The van der Waals surface area contributed by atoms with E-state index in [1.165, 1.54) is 5.69 Å². The second-order valence-electron chi connectivity index (χ2n) is 6.61. The number of carbonyl (C=O) groups is 1. The molecule has 2 heterocycles. The van der Waals surface area contributed by atoms with Crippen LogP contribution in [-0.4, -0.2) is 26.9 Å². The lowest BCUT2D eigenvalue weighted by Crippen LogP contribution is -2.38. The normalized spacial score (nSPS) is 16.4. The van der Waals surface area contributed by atoms with Gasteiger partial charge in [-0.05, 0) is 38.7 Å². The molecule has 1 aliphatic carbocycles. The van der Waals surface area contributed by atoms with Gasteiger partial charge in [0.05, 0.1) is 18.3 Å². The molecule has 2 N–H and O–H groups in total. The highest BCUT2D eigenvalue weighted by Crippen LogP contribution is 2.28. The van der Waals surface area contributed by atoms with Gasteiger partial charge in [-0.25, -0.2) is 9.78 Å². The fraction of sp³-hybridized carbons (Fsp3) is 0.500. The summed E-state index contributed by atoms with van der Waals surface area (Å²) in [6, 6.07) is 3.57. The van der Waals surface area contributed by atoms with Crippen LogP contribution in [0, 0.1) is 0 Å². The lowest BCUT2D eigenvalue weighted by molar-refractivity contribution is 0.232. The van der Waals surface area contributed by atoms with Crippen molar-refractivity contribution < 1.29 is 9.53 Å². The number of rotatable bonds is 5. The summed E-state index contributed by atoms with van der Waals surface area (Å²) in [5.41, 5.74) is 3.26. The molecule has 0 fully saturated rings. The van der Waals surface area contributed by atoms with Crippen molar-refractivity contribution in [3.63, 3.8) is 0 Å². The predicted octanol–water partition coefficient (Wildman–Crippen LogP) is 2.48. The fourth-order valence-electron chi connectivity index (χ4n) is 3.07. The van der Waals surface area contributed by atoms with E-state index < -0.39 is 0 Å². The predicted molar refractivity (Wildman–Crippen MR) is 94.3 cm³/mol. The Kier molecular flexibility index (Phi) is 5.21. The minimum atomic E-state index is -0.177. The zero-order chi connectivity index (χ0) is 17.8. The molecule has 0 saturated heterocycles. The van der Waals surface area contributed by atoms with E-state index in [2.05, 4.69) is 20.7 Å². The van der Waals surface area contributed by atoms with E-state index in [9.17, 15) is 4.79 Å². The van der Waals surface area contributed by atoms with Gasteiger partial charge in [0.25, 0.3) is 0 Å². The van der Waals surface area contributed by atoms with Crippen molar-refractivity contribution >= 4 is 6.03 Å². The molecular weight excluding hydrogens is 318 g/mol. The van der Waals surface area contributed by atoms with Crippen molar-refractivity contribution in [2.75, 3.05) is 0 Å². The third-order valence-corrected chi connectivity index (χ3v) is 4.29. The van der Waals surface area contributed by atoms with Gasteiger partial charge in [0.1, 0.15) is 0 Å². The second-order valence-corrected chi connectivity index (χ2v) is 6.61. The number of urea groups is 1. The second kappa shape index (κ2) is 7.55. The van der Waals surface area contributed by atoms with Crippen LogP contribution in [0.5, 0.6) is 5.88 Å². The lowest BCUT2D eigenvalue weighted by Gasteiger charge is -2.24. The van der Waals surface area contributed by atoms with Crippen molar-refractivity contribution in [3.8, 4) is 5.88 Å².